The molecule has 1 aliphatic rings. The minimum absolute atomic E-state index is 0.0739. The van der Waals surface area contributed by atoms with E-state index in [-0.39, 0.29) is 6.04 Å². The van der Waals surface area contributed by atoms with E-state index >= 15 is 0 Å². The van der Waals surface area contributed by atoms with Crippen LogP contribution in [-0.4, -0.2) is 56.6 Å². The quantitative estimate of drug-likeness (QED) is 0.126. The van der Waals surface area contributed by atoms with Crippen LogP contribution < -0.4 is 0 Å². The molecule has 0 aromatic rings. The predicted molar refractivity (Wildman–Crippen MR) is 115 cm³/mol. The van der Waals surface area contributed by atoms with E-state index < -0.39 is 24.3 Å². The van der Waals surface area contributed by atoms with Gasteiger partial charge in [-0.1, -0.05) is 24.4 Å². The van der Waals surface area contributed by atoms with Crippen LogP contribution in [0, 0.1) is 0 Å². The number of hydrogen-bond acceptors (Lipinski definition) is 8. The second-order valence-corrected chi connectivity index (χ2v) is 11.7. The normalized spacial score (nSPS) is 17.8. The molecule has 27 heavy (non-hydrogen) atoms. The van der Waals surface area contributed by atoms with Gasteiger partial charge in [0.05, 0.1) is 26.3 Å². The number of thioether (sulfide) groups is 1. The molecule has 0 N–H and O–H groups in total. The molecule has 0 aromatic heterocycles. The molecule has 0 heterocycles. The fraction of sp³-hybridized carbons (Fsp3) is 0.867. The Balaban J connectivity index is 3.08. The number of nitrogens with zero attached hydrogens (tertiary/aromatic N) is 3. The Bertz CT molecular complexity index is 539. The van der Waals surface area contributed by atoms with Gasteiger partial charge in [-0.2, -0.15) is 0 Å². The number of carbonyl (C=O) groups is 1. The smallest absolute Gasteiger partial charge is 0.479 e. The Kier molecular flexibility index (Phi) is 11.8. The van der Waals surface area contributed by atoms with E-state index in [4.69, 9.17) is 25.7 Å². The lowest BCUT2D eigenvalue weighted by Crippen LogP contribution is -2.48. The van der Waals surface area contributed by atoms with Crippen LogP contribution in [0.5, 0.6) is 0 Å². The molecular formula is C15H30N3O5PS3. The Morgan fingerprint density at radius 2 is 1.85 bits per heavy atom. The van der Waals surface area contributed by atoms with Gasteiger partial charge in [0.2, 0.25) is 0 Å². The zero-order valence-corrected chi connectivity index (χ0v) is 19.9. The van der Waals surface area contributed by atoms with E-state index in [9.17, 15) is 9.35 Å². The van der Waals surface area contributed by atoms with Crippen LogP contribution in [0.15, 0.2) is 5.16 Å². The summed E-state index contributed by atoms with van der Waals surface area (Å²) < 4.78 is 27.4. The molecule has 1 unspecified atom stereocenters. The molecule has 1 aliphatic carbocycles. The van der Waals surface area contributed by atoms with Gasteiger partial charge in [-0.25, -0.2) is 4.79 Å². The number of hydrogen-bond donors (Lipinski definition) is 0. The highest BCUT2D eigenvalue weighted by atomic mass is 32.5. The first-order chi connectivity index (χ1) is 12.8. The molecule has 1 rings (SSSR count). The molecule has 1 amide bonds. The molecule has 0 radical (unpaired) electrons. The van der Waals surface area contributed by atoms with E-state index in [2.05, 4.69) is 5.16 Å². The summed E-state index contributed by atoms with van der Waals surface area (Å²) in [6, 6.07) is -0.0739. The van der Waals surface area contributed by atoms with Gasteiger partial charge in [0.15, 0.2) is 11.5 Å². The van der Waals surface area contributed by atoms with Gasteiger partial charge in [0, 0.05) is 0 Å². The minimum atomic E-state index is -3.01. The van der Waals surface area contributed by atoms with E-state index in [1.54, 1.807) is 11.0 Å². The third-order valence-corrected chi connectivity index (χ3v) is 10.3. The summed E-state index contributed by atoms with van der Waals surface area (Å²) in [7, 11) is 1.40. The largest absolute Gasteiger partial charge is 0.573 e. The van der Waals surface area contributed by atoms with Crippen molar-refractivity contribution in [1.29, 1.82) is 0 Å². The lowest BCUT2D eigenvalue weighted by molar-refractivity contribution is 0.132. The average molecular weight is 460 g/mol. The Morgan fingerprint density at radius 3 is 2.33 bits per heavy atom. The highest BCUT2D eigenvalue weighted by molar-refractivity contribution is 8.13. The lowest BCUT2D eigenvalue weighted by Gasteiger charge is -2.39. The first-order valence-corrected chi connectivity index (χ1v) is 13.8. The van der Waals surface area contributed by atoms with Crippen molar-refractivity contribution in [3.8, 4) is 0 Å². The monoisotopic (exact) mass is 459 g/mol. The number of carbonyl (C=O) groups excluding carboxylic acids is 1. The SMILES string of the molecule is CCOP(=S)(OCC)N(C1CCCCC1)[S+]([O-])N(C)C(=O)ON=C(C)SC. The highest BCUT2D eigenvalue weighted by Crippen LogP contribution is 2.57. The summed E-state index contributed by atoms with van der Waals surface area (Å²) in [4.78, 5) is 17.2. The van der Waals surface area contributed by atoms with E-state index in [1.165, 1.54) is 18.8 Å². The van der Waals surface area contributed by atoms with Crippen LogP contribution in [-0.2, 0) is 37.2 Å². The number of oxime groups is 1. The van der Waals surface area contributed by atoms with Crippen LogP contribution in [0.3, 0.4) is 0 Å². The Morgan fingerprint density at radius 1 is 1.30 bits per heavy atom. The molecule has 158 valence electrons. The average Bonchev–Trinajstić information content (AvgIpc) is 2.66. The van der Waals surface area contributed by atoms with Crippen molar-refractivity contribution in [1.82, 2.24) is 8.38 Å². The van der Waals surface area contributed by atoms with Crippen LogP contribution in [0.2, 0.25) is 0 Å². The predicted octanol–water partition coefficient (Wildman–Crippen LogP) is 4.26. The van der Waals surface area contributed by atoms with E-state index in [0.29, 0.717) is 18.3 Å². The van der Waals surface area contributed by atoms with Gasteiger partial charge < -0.3 is 13.6 Å². The molecular weight excluding hydrogens is 429 g/mol. The number of rotatable bonds is 9. The van der Waals surface area contributed by atoms with Crippen molar-refractivity contribution in [3.05, 3.63) is 0 Å². The molecule has 1 saturated carbocycles. The fourth-order valence-electron chi connectivity index (χ4n) is 2.58. The Hall–Kier alpha value is 0.130. The second kappa shape index (κ2) is 12.6. The van der Waals surface area contributed by atoms with Crippen molar-refractivity contribution < 1.29 is 23.2 Å². The van der Waals surface area contributed by atoms with Crippen molar-refractivity contribution in [3.63, 3.8) is 0 Å². The van der Waals surface area contributed by atoms with Crippen LogP contribution in [0.25, 0.3) is 0 Å². The van der Waals surface area contributed by atoms with Crippen LogP contribution >= 0.6 is 18.4 Å². The van der Waals surface area contributed by atoms with Crippen molar-refractivity contribution in [2.24, 2.45) is 5.16 Å². The first-order valence-electron chi connectivity index (χ1n) is 8.94. The van der Waals surface area contributed by atoms with Gasteiger partial charge in [-0.05, 0) is 55.8 Å². The van der Waals surface area contributed by atoms with Crippen molar-refractivity contribution >= 4 is 52.9 Å². The topological polar surface area (TPSA) is 86.7 Å². The molecule has 8 nitrogen and oxygen atoms in total. The third-order valence-electron chi connectivity index (χ3n) is 3.91. The molecule has 0 bridgehead atoms. The fourth-order valence-corrected chi connectivity index (χ4v) is 8.00. The maximum absolute atomic E-state index is 13.3. The summed E-state index contributed by atoms with van der Waals surface area (Å²) in [5.74, 6) is 0. The lowest BCUT2D eigenvalue weighted by atomic mass is 9.96. The van der Waals surface area contributed by atoms with Gasteiger partial charge in [0.1, 0.15) is 5.04 Å². The van der Waals surface area contributed by atoms with Crippen molar-refractivity contribution in [2.45, 2.75) is 58.9 Å². The molecule has 1 atom stereocenters. The number of amides is 1. The molecule has 0 aromatic carbocycles. The highest BCUT2D eigenvalue weighted by Gasteiger charge is 2.47. The maximum Gasteiger partial charge on any atom is 0.479 e. The third kappa shape index (κ3) is 7.47. The molecule has 12 heteroatoms. The van der Waals surface area contributed by atoms with E-state index in [0.717, 1.165) is 36.4 Å². The van der Waals surface area contributed by atoms with E-state index in [1.807, 2.05) is 20.1 Å². The minimum Gasteiger partial charge on any atom is -0.573 e. The molecule has 0 spiro atoms. The zero-order valence-electron chi connectivity index (χ0n) is 16.6. The molecule has 1 fully saturated rings. The summed E-state index contributed by atoms with van der Waals surface area (Å²) >= 11 is 5.14. The Labute approximate surface area is 175 Å². The van der Waals surface area contributed by atoms with Gasteiger partial charge in [-0.3, -0.25) is 4.84 Å². The summed E-state index contributed by atoms with van der Waals surface area (Å²) in [5.41, 5.74) is 0. The van der Waals surface area contributed by atoms with Crippen LogP contribution in [0.4, 0.5) is 4.79 Å². The van der Waals surface area contributed by atoms with Crippen LogP contribution in [0.1, 0.15) is 52.9 Å². The maximum atomic E-state index is 13.3. The summed E-state index contributed by atoms with van der Waals surface area (Å²) in [5, 5.41) is 4.29. The first kappa shape index (κ1) is 25.2. The van der Waals surface area contributed by atoms with Gasteiger partial charge >= 0.3 is 12.7 Å². The van der Waals surface area contributed by atoms with Crippen molar-refractivity contribution in [2.75, 3.05) is 26.5 Å². The van der Waals surface area contributed by atoms with Gasteiger partial charge in [0.25, 0.3) is 0 Å². The molecule has 0 aliphatic heterocycles. The van der Waals surface area contributed by atoms with Gasteiger partial charge in [-0.15, -0.1) is 16.1 Å². The second-order valence-electron chi connectivity index (χ2n) is 5.80. The summed E-state index contributed by atoms with van der Waals surface area (Å²) in [6.07, 6.45) is 5.81. The zero-order chi connectivity index (χ0) is 20.4. The summed E-state index contributed by atoms with van der Waals surface area (Å²) in [6.45, 7) is 3.01. The standard InChI is InChI=1S/C15H30N3O5PS3/c1-6-21-24(25,22-7-2)18(14-11-9-8-10-12-14)27(20)17(4)15(19)23-16-13(3)26-5/h14H,6-12H2,1-5H3. The molecule has 0 saturated heterocycles.